The second-order valence-electron chi connectivity index (χ2n) is 12.1. The van der Waals surface area contributed by atoms with Crippen molar-refractivity contribution in [2.24, 2.45) is 17.6 Å². The maximum Gasteiger partial charge on any atom is 0.255 e. The number of hydrogen-bond acceptors (Lipinski definition) is 11. The number of aliphatic hydroxyl groups excluding tert-OH is 2. The number of fused-ring (bicyclic) bond motifs is 3. The smallest absolute Gasteiger partial charge is 0.255 e. The molecule has 0 heterocycles. The Morgan fingerprint density at radius 1 is 1.14 bits per heavy atom. The predicted molar refractivity (Wildman–Crippen MR) is 154 cm³/mol. The first-order valence-electron chi connectivity index (χ1n) is 14.4. The molecule has 0 spiro atoms. The van der Waals surface area contributed by atoms with Gasteiger partial charge in [-0.25, -0.2) is 0 Å². The van der Waals surface area contributed by atoms with E-state index in [0.717, 1.165) is 25.7 Å². The SMILES string of the molecule is COc1cc(NC(=O)CNC2CCCCC2)c(O)c2c1C[C@H]1C[C@H]3[C@H](N(C)C)C(=O)C(C(N)=O)=C(O)[C@@]3(O)C(=O)C1=C2O. The van der Waals surface area contributed by atoms with Crippen molar-refractivity contribution in [1.29, 1.82) is 0 Å². The van der Waals surface area contributed by atoms with E-state index < -0.39 is 69.7 Å². The van der Waals surface area contributed by atoms with Crippen molar-refractivity contribution in [3.63, 3.8) is 0 Å². The van der Waals surface area contributed by atoms with Crippen LogP contribution < -0.4 is 21.1 Å². The van der Waals surface area contributed by atoms with Crippen molar-refractivity contribution in [2.45, 2.75) is 62.6 Å². The van der Waals surface area contributed by atoms with Gasteiger partial charge in [-0.15, -0.1) is 0 Å². The van der Waals surface area contributed by atoms with Crippen molar-refractivity contribution < 1.29 is 44.3 Å². The normalized spacial score (nSPS) is 27.5. The van der Waals surface area contributed by atoms with Gasteiger partial charge in [-0.1, -0.05) is 19.3 Å². The fourth-order valence-corrected chi connectivity index (χ4v) is 7.29. The number of ether oxygens (including phenoxy) is 1. The predicted octanol–water partition coefficient (Wildman–Crippen LogP) is 0.833. The molecule has 4 aliphatic carbocycles. The third kappa shape index (κ3) is 4.85. The summed E-state index contributed by atoms with van der Waals surface area (Å²) in [6.45, 7) is 0.00509. The molecule has 43 heavy (non-hydrogen) atoms. The molecule has 2 fully saturated rings. The highest BCUT2D eigenvalue weighted by Gasteiger charge is 2.64. The zero-order valence-electron chi connectivity index (χ0n) is 24.4. The molecule has 0 aromatic heterocycles. The number of ketones is 2. The lowest BCUT2D eigenvalue weighted by molar-refractivity contribution is -0.153. The topological polar surface area (TPSA) is 212 Å². The highest BCUT2D eigenvalue weighted by Crippen LogP contribution is 2.54. The summed E-state index contributed by atoms with van der Waals surface area (Å²) in [6.07, 6.45) is 5.34. The average molecular weight is 599 g/mol. The number of anilines is 1. The number of hydrogen-bond donors (Lipinski definition) is 7. The van der Waals surface area contributed by atoms with Crippen LogP contribution in [0.25, 0.3) is 5.76 Å². The van der Waals surface area contributed by atoms with Crippen LogP contribution in [0.5, 0.6) is 11.5 Å². The molecule has 1 aromatic carbocycles. The lowest BCUT2D eigenvalue weighted by Crippen LogP contribution is -2.65. The molecule has 232 valence electrons. The second kappa shape index (κ2) is 11.3. The first-order valence-corrected chi connectivity index (χ1v) is 14.4. The molecule has 0 radical (unpaired) electrons. The zero-order chi connectivity index (χ0) is 31.4. The number of nitrogens with two attached hydrogens (primary N) is 1. The van der Waals surface area contributed by atoms with Gasteiger partial charge in [-0.2, -0.15) is 0 Å². The van der Waals surface area contributed by atoms with E-state index in [1.165, 1.54) is 38.6 Å². The van der Waals surface area contributed by atoms with Crippen molar-refractivity contribution in [3.8, 4) is 11.5 Å². The quantitative estimate of drug-likeness (QED) is 0.173. The van der Waals surface area contributed by atoms with Gasteiger partial charge in [0.15, 0.2) is 17.1 Å². The molecule has 5 rings (SSSR count). The number of benzene rings is 1. The Balaban J connectivity index is 1.55. The van der Waals surface area contributed by atoms with Gasteiger partial charge in [-0.05, 0) is 45.7 Å². The summed E-state index contributed by atoms with van der Waals surface area (Å²) in [4.78, 5) is 53.6. The fourth-order valence-electron chi connectivity index (χ4n) is 7.29. The van der Waals surface area contributed by atoms with Crippen LogP contribution in [-0.2, 0) is 25.6 Å². The maximum absolute atomic E-state index is 14.0. The highest BCUT2D eigenvalue weighted by molar-refractivity contribution is 6.24. The lowest BCUT2D eigenvalue weighted by Gasteiger charge is -2.50. The molecule has 13 heteroatoms. The number of primary amides is 1. The number of nitrogens with one attached hydrogen (secondary N) is 2. The molecular weight excluding hydrogens is 560 g/mol. The zero-order valence-corrected chi connectivity index (χ0v) is 24.4. The van der Waals surface area contributed by atoms with Crippen LogP contribution in [0, 0.1) is 11.8 Å². The Labute approximate surface area is 248 Å². The molecule has 0 aliphatic heterocycles. The van der Waals surface area contributed by atoms with Crippen molar-refractivity contribution in [2.75, 3.05) is 33.1 Å². The Morgan fingerprint density at radius 3 is 2.42 bits per heavy atom. The van der Waals surface area contributed by atoms with Gasteiger partial charge in [-0.3, -0.25) is 24.1 Å². The summed E-state index contributed by atoms with van der Waals surface area (Å²) in [5.41, 5.74) is 1.62. The standard InChI is InChI=1S/C30H38N4O9/c1-34(2)23-16-10-13-9-15-18(43-3)11-17(33-19(35)12-32-14-7-5-4-6-8-14)24(36)21(15)25(37)20(13)27(39)30(16,42)28(40)22(26(23)38)29(31)41/h11,13-14,16,23,32,36-37,40,42H,4-10,12H2,1-3H3,(H2,31,41)(H,33,35)/t13-,16-,23-,30-/m0/s1. The number of methoxy groups -OCH3 is 1. The Morgan fingerprint density at radius 2 is 1.81 bits per heavy atom. The van der Waals surface area contributed by atoms with Crippen LogP contribution in [-0.4, -0.2) is 94.1 Å². The molecule has 4 aliphatic rings. The summed E-state index contributed by atoms with van der Waals surface area (Å²) in [6, 6.07) is 0.492. The van der Waals surface area contributed by atoms with Gasteiger partial charge in [0.05, 0.1) is 30.9 Å². The van der Waals surface area contributed by atoms with Crippen LogP contribution in [0.3, 0.4) is 0 Å². The number of rotatable bonds is 7. The number of nitrogens with zero attached hydrogens (tertiary/aromatic N) is 1. The molecule has 1 aromatic rings. The molecule has 2 amide bonds. The van der Waals surface area contributed by atoms with Crippen LogP contribution in [0.15, 0.2) is 23.0 Å². The number of phenolic OH excluding ortho intramolecular Hbond substituents is 1. The minimum atomic E-state index is -2.74. The summed E-state index contributed by atoms with van der Waals surface area (Å²) in [5.74, 6) is -7.66. The molecule has 0 bridgehead atoms. The van der Waals surface area contributed by atoms with Crippen molar-refractivity contribution >= 4 is 34.8 Å². The number of amides is 2. The third-order valence-corrected chi connectivity index (χ3v) is 9.33. The third-order valence-electron chi connectivity index (χ3n) is 9.33. The molecular formula is C30H38N4O9. The maximum atomic E-state index is 14.0. The molecule has 8 N–H and O–H groups in total. The summed E-state index contributed by atoms with van der Waals surface area (Å²) in [7, 11) is 4.46. The summed E-state index contributed by atoms with van der Waals surface area (Å²) >= 11 is 0. The van der Waals surface area contributed by atoms with Crippen molar-refractivity contribution in [3.05, 3.63) is 34.1 Å². The highest BCUT2D eigenvalue weighted by atomic mass is 16.5. The first-order chi connectivity index (χ1) is 20.3. The van der Waals surface area contributed by atoms with Gasteiger partial charge in [0.2, 0.25) is 11.7 Å². The number of Topliss-reactive ketones (excluding diaryl/α,β-unsaturated/α-hetero) is 2. The number of carbonyl (C=O) groups is 4. The number of phenols is 1. The van der Waals surface area contributed by atoms with Gasteiger partial charge in [0.25, 0.3) is 5.91 Å². The molecule has 4 atom stereocenters. The Hall–Kier alpha value is -3.94. The van der Waals surface area contributed by atoms with E-state index in [0.29, 0.717) is 5.56 Å². The Bertz CT molecular complexity index is 1460. The van der Waals surface area contributed by atoms with Gasteiger partial charge < -0.3 is 41.5 Å². The minimum absolute atomic E-state index is 0.00509. The Kier molecular flexibility index (Phi) is 8.01. The minimum Gasteiger partial charge on any atom is -0.508 e. The largest absolute Gasteiger partial charge is 0.508 e. The van der Waals surface area contributed by atoms with E-state index in [2.05, 4.69) is 10.6 Å². The molecule has 13 nitrogen and oxygen atoms in total. The van der Waals surface area contributed by atoms with Crippen LogP contribution in [0.2, 0.25) is 0 Å². The number of aliphatic hydroxyl groups is 3. The molecule has 2 saturated carbocycles. The number of carbonyl (C=O) groups excluding carboxylic acids is 4. The second-order valence-corrected chi connectivity index (χ2v) is 12.1. The van der Waals surface area contributed by atoms with E-state index >= 15 is 0 Å². The van der Waals surface area contributed by atoms with E-state index in [4.69, 9.17) is 10.5 Å². The van der Waals surface area contributed by atoms with E-state index in [9.17, 15) is 39.6 Å². The van der Waals surface area contributed by atoms with Gasteiger partial charge >= 0.3 is 0 Å². The molecule has 0 unspecified atom stereocenters. The van der Waals surface area contributed by atoms with Crippen LogP contribution in [0.4, 0.5) is 5.69 Å². The van der Waals surface area contributed by atoms with E-state index in [1.54, 1.807) is 0 Å². The van der Waals surface area contributed by atoms with E-state index in [1.807, 2.05) is 0 Å². The first kappa shape index (κ1) is 30.5. The summed E-state index contributed by atoms with van der Waals surface area (Å²) in [5, 5.41) is 51.3. The summed E-state index contributed by atoms with van der Waals surface area (Å²) < 4.78 is 5.55. The van der Waals surface area contributed by atoms with Gasteiger partial charge in [0, 0.05) is 29.2 Å². The lowest BCUT2D eigenvalue weighted by atomic mass is 9.57. The molecule has 0 saturated heterocycles. The number of likely N-dealkylation sites (N-methyl/N-ethyl adjacent to an activating group) is 1. The van der Waals surface area contributed by atoms with Crippen LogP contribution in [0.1, 0.15) is 49.7 Å². The van der Waals surface area contributed by atoms with Gasteiger partial charge in [0.1, 0.15) is 22.8 Å². The van der Waals surface area contributed by atoms with E-state index in [-0.39, 0.29) is 48.0 Å². The monoisotopic (exact) mass is 598 g/mol. The van der Waals surface area contributed by atoms with Crippen LogP contribution >= 0.6 is 0 Å². The number of aromatic hydroxyl groups is 1. The fraction of sp³-hybridized carbons (Fsp3) is 0.533. The average Bonchev–Trinajstić information content (AvgIpc) is 2.95. The van der Waals surface area contributed by atoms with Crippen molar-refractivity contribution in [1.82, 2.24) is 10.2 Å².